The Kier molecular flexibility index (Phi) is 5.22. The third-order valence-electron chi connectivity index (χ3n) is 4.85. The molecular formula is C14H20BrCl2N3. The zero-order valence-corrected chi connectivity index (χ0v) is 14.4. The van der Waals surface area contributed by atoms with Crippen LogP contribution in [0.1, 0.15) is 12.8 Å². The molecule has 1 N–H and O–H groups in total. The van der Waals surface area contributed by atoms with Gasteiger partial charge in [0.05, 0.1) is 11.9 Å². The van der Waals surface area contributed by atoms with E-state index in [0.717, 1.165) is 22.4 Å². The molecule has 3 nitrogen and oxygen atoms in total. The van der Waals surface area contributed by atoms with E-state index in [2.05, 4.69) is 37.2 Å². The first kappa shape index (κ1) is 16.3. The van der Waals surface area contributed by atoms with Crippen molar-refractivity contribution in [3.8, 4) is 0 Å². The summed E-state index contributed by atoms with van der Waals surface area (Å²) in [5.74, 6) is 2.67. The highest BCUT2D eigenvalue weighted by Gasteiger charge is 2.47. The Morgan fingerprint density at radius 2 is 1.80 bits per heavy atom. The number of aromatic nitrogens is 1. The zero-order valence-electron chi connectivity index (χ0n) is 11.2. The number of nitrogens with one attached hydrogen (secondary N) is 1. The lowest BCUT2D eigenvalue weighted by atomic mass is 9.65. The molecule has 2 atom stereocenters. The molecular weight excluding hydrogens is 361 g/mol. The van der Waals surface area contributed by atoms with Crippen LogP contribution in [0.15, 0.2) is 22.9 Å². The fourth-order valence-electron chi connectivity index (χ4n) is 4.30. The zero-order chi connectivity index (χ0) is 12.1. The molecule has 6 heteroatoms. The van der Waals surface area contributed by atoms with Gasteiger partial charge in [-0.1, -0.05) is 0 Å². The molecule has 20 heavy (non-hydrogen) atoms. The Balaban J connectivity index is 0.000000735. The van der Waals surface area contributed by atoms with Crippen LogP contribution in [-0.2, 0) is 0 Å². The summed E-state index contributed by atoms with van der Waals surface area (Å²) in [6.45, 7) is 3.96. The summed E-state index contributed by atoms with van der Waals surface area (Å²) in [4.78, 5) is 6.98. The van der Waals surface area contributed by atoms with E-state index in [1.807, 2.05) is 12.3 Å². The van der Waals surface area contributed by atoms with Crippen molar-refractivity contribution in [3.63, 3.8) is 0 Å². The van der Waals surface area contributed by atoms with E-state index in [1.54, 1.807) is 0 Å². The highest BCUT2D eigenvalue weighted by molar-refractivity contribution is 9.10. The van der Waals surface area contributed by atoms with Crippen molar-refractivity contribution in [3.05, 3.63) is 22.9 Å². The van der Waals surface area contributed by atoms with Gasteiger partial charge < -0.3 is 10.2 Å². The van der Waals surface area contributed by atoms with Gasteiger partial charge in [0, 0.05) is 25.7 Å². The van der Waals surface area contributed by atoms with Gasteiger partial charge in [-0.05, 0) is 58.7 Å². The van der Waals surface area contributed by atoms with Crippen LogP contribution >= 0.6 is 40.7 Å². The molecule has 2 unspecified atom stereocenters. The number of rotatable bonds is 2. The summed E-state index contributed by atoms with van der Waals surface area (Å²) < 4.78 is 0.907. The summed E-state index contributed by atoms with van der Waals surface area (Å²) in [6, 6.07) is 4.81. The van der Waals surface area contributed by atoms with E-state index in [4.69, 9.17) is 0 Å². The Morgan fingerprint density at radius 1 is 1.10 bits per heavy atom. The second-order valence-electron chi connectivity index (χ2n) is 6.12. The average molecular weight is 381 g/mol. The Bertz CT molecular complexity index is 426. The van der Waals surface area contributed by atoms with Crippen molar-refractivity contribution in [2.45, 2.75) is 18.9 Å². The SMILES string of the molecule is Brc1ccc(NC2C3CC4CC2CN(C4)C3)cn1.Cl.Cl. The molecule has 1 saturated carbocycles. The third kappa shape index (κ3) is 2.94. The van der Waals surface area contributed by atoms with Gasteiger partial charge in [0.1, 0.15) is 4.60 Å². The molecule has 1 aromatic heterocycles. The quantitative estimate of drug-likeness (QED) is 0.796. The second kappa shape index (κ2) is 6.39. The largest absolute Gasteiger partial charge is 0.380 e. The molecule has 4 fully saturated rings. The summed E-state index contributed by atoms with van der Waals surface area (Å²) in [5, 5.41) is 3.74. The van der Waals surface area contributed by atoms with Crippen LogP contribution in [0, 0.1) is 17.8 Å². The second-order valence-corrected chi connectivity index (χ2v) is 6.93. The van der Waals surface area contributed by atoms with Crippen LogP contribution in [0.3, 0.4) is 0 Å². The van der Waals surface area contributed by atoms with E-state index >= 15 is 0 Å². The van der Waals surface area contributed by atoms with Gasteiger partial charge >= 0.3 is 0 Å². The van der Waals surface area contributed by atoms with Crippen molar-refractivity contribution >= 4 is 46.4 Å². The number of anilines is 1. The van der Waals surface area contributed by atoms with E-state index < -0.39 is 0 Å². The van der Waals surface area contributed by atoms with E-state index in [9.17, 15) is 0 Å². The average Bonchev–Trinajstić information content (AvgIpc) is 2.35. The van der Waals surface area contributed by atoms with Gasteiger partial charge in [0.2, 0.25) is 0 Å². The Hall–Kier alpha value is -0.0300. The highest BCUT2D eigenvalue weighted by atomic mass is 79.9. The molecule has 3 saturated heterocycles. The normalized spacial score (nSPS) is 37.0. The number of piperidine rings is 3. The maximum atomic E-state index is 4.31. The summed E-state index contributed by atoms with van der Waals surface area (Å²) in [5.41, 5.74) is 1.17. The maximum absolute atomic E-state index is 4.31. The molecule has 4 aliphatic rings. The van der Waals surface area contributed by atoms with Crippen molar-refractivity contribution in [2.75, 3.05) is 25.0 Å². The predicted molar refractivity (Wildman–Crippen MR) is 90.0 cm³/mol. The van der Waals surface area contributed by atoms with Crippen LogP contribution in [-0.4, -0.2) is 35.6 Å². The fourth-order valence-corrected chi connectivity index (χ4v) is 4.53. The lowest BCUT2D eigenvalue weighted by Gasteiger charge is -2.56. The van der Waals surface area contributed by atoms with Gasteiger partial charge in [-0.3, -0.25) is 0 Å². The van der Waals surface area contributed by atoms with Gasteiger partial charge in [-0.15, -0.1) is 24.8 Å². The van der Waals surface area contributed by atoms with Gasteiger partial charge in [0.25, 0.3) is 0 Å². The molecule has 3 aliphatic heterocycles. The number of pyridine rings is 1. The number of hydrogen-bond donors (Lipinski definition) is 1. The number of nitrogens with zero attached hydrogens (tertiary/aromatic N) is 2. The standard InChI is InChI=1S/C14H18BrN3.2ClH/c15-13-2-1-12(5-16-13)17-14-10-3-9-4-11(14)8-18(6-9)7-10;;/h1-2,5,9-11,14,17H,3-4,6-8H2;2*1H. The summed E-state index contributed by atoms with van der Waals surface area (Å²) >= 11 is 3.39. The van der Waals surface area contributed by atoms with Crippen LogP contribution in [0.25, 0.3) is 0 Å². The first-order valence-electron chi connectivity index (χ1n) is 6.88. The molecule has 0 amide bonds. The molecule has 1 aromatic rings. The van der Waals surface area contributed by atoms with Crippen LogP contribution < -0.4 is 5.32 Å². The minimum atomic E-state index is 0. The lowest BCUT2D eigenvalue weighted by Crippen LogP contribution is -2.62. The Morgan fingerprint density at radius 3 is 2.35 bits per heavy atom. The third-order valence-corrected chi connectivity index (χ3v) is 5.32. The smallest absolute Gasteiger partial charge is 0.106 e. The highest BCUT2D eigenvalue weighted by Crippen LogP contribution is 2.44. The minimum absolute atomic E-state index is 0. The number of halogens is 3. The Labute approximate surface area is 140 Å². The molecule has 0 aromatic carbocycles. The summed E-state index contributed by atoms with van der Waals surface area (Å²) in [6.07, 6.45) is 4.79. The van der Waals surface area contributed by atoms with Gasteiger partial charge in [0.15, 0.2) is 0 Å². The van der Waals surface area contributed by atoms with Gasteiger partial charge in [-0.25, -0.2) is 4.98 Å². The lowest BCUT2D eigenvalue weighted by molar-refractivity contribution is -0.0269. The van der Waals surface area contributed by atoms with E-state index in [0.29, 0.717) is 6.04 Å². The molecule has 0 spiro atoms. The first-order valence-corrected chi connectivity index (χ1v) is 7.67. The van der Waals surface area contributed by atoms with Crippen molar-refractivity contribution < 1.29 is 0 Å². The van der Waals surface area contributed by atoms with E-state index in [-0.39, 0.29) is 24.8 Å². The maximum Gasteiger partial charge on any atom is 0.106 e. The minimum Gasteiger partial charge on any atom is -0.380 e. The van der Waals surface area contributed by atoms with Crippen LogP contribution in [0.2, 0.25) is 0 Å². The fraction of sp³-hybridized carbons (Fsp3) is 0.643. The molecule has 4 bridgehead atoms. The molecule has 112 valence electrons. The molecule has 0 radical (unpaired) electrons. The number of hydrogen-bond acceptors (Lipinski definition) is 3. The molecule has 5 rings (SSSR count). The monoisotopic (exact) mass is 379 g/mol. The predicted octanol–water partition coefficient (Wildman–Crippen LogP) is 3.44. The van der Waals surface area contributed by atoms with Crippen molar-refractivity contribution in [2.24, 2.45) is 17.8 Å². The van der Waals surface area contributed by atoms with Crippen molar-refractivity contribution in [1.29, 1.82) is 0 Å². The first-order chi connectivity index (χ1) is 8.78. The van der Waals surface area contributed by atoms with E-state index in [1.165, 1.54) is 38.2 Å². The van der Waals surface area contributed by atoms with Crippen LogP contribution in [0.5, 0.6) is 0 Å². The molecule has 1 aliphatic carbocycles. The topological polar surface area (TPSA) is 28.2 Å². The van der Waals surface area contributed by atoms with Crippen molar-refractivity contribution in [1.82, 2.24) is 9.88 Å². The van der Waals surface area contributed by atoms with Crippen LogP contribution in [0.4, 0.5) is 5.69 Å². The van der Waals surface area contributed by atoms with Gasteiger partial charge in [-0.2, -0.15) is 0 Å². The summed E-state index contributed by atoms with van der Waals surface area (Å²) in [7, 11) is 0. The molecule has 4 heterocycles.